The van der Waals surface area contributed by atoms with E-state index in [-0.39, 0.29) is 29.9 Å². The largest absolute Gasteiger partial charge is 0.492 e. The first-order chi connectivity index (χ1) is 11.9. The molecule has 1 heterocycles. The van der Waals surface area contributed by atoms with Gasteiger partial charge in [-0.05, 0) is 55.0 Å². The molecule has 132 valence electrons. The second-order valence-corrected chi connectivity index (χ2v) is 7.86. The third kappa shape index (κ3) is 3.95. The van der Waals surface area contributed by atoms with Crippen LogP contribution in [0.1, 0.15) is 18.4 Å². The summed E-state index contributed by atoms with van der Waals surface area (Å²) in [5.74, 6) is 0.117. The number of rotatable bonds is 6. The molecule has 0 unspecified atom stereocenters. The highest BCUT2D eigenvalue weighted by Crippen LogP contribution is 2.33. The maximum Gasteiger partial charge on any atom is 0.240 e. The summed E-state index contributed by atoms with van der Waals surface area (Å²) < 4.78 is 32.7. The molecular weight excluding hydrogens is 364 g/mol. The fourth-order valence-electron chi connectivity index (χ4n) is 2.52. The summed E-state index contributed by atoms with van der Waals surface area (Å²) in [6, 6.07) is 11.4. The fourth-order valence-corrected chi connectivity index (χ4v) is 3.70. The van der Waals surface area contributed by atoms with Crippen LogP contribution in [-0.4, -0.2) is 27.5 Å². The highest BCUT2D eigenvalue weighted by atomic mass is 35.5. The second kappa shape index (κ2) is 7.03. The average Bonchev–Trinajstić information content (AvgIpc) is 2.87. The SMILES string of the molecule is C[C@@H]1C(=O)Nc2ccc(S(=O)(=O)NCCOc3ccc(Cl)cc3)cc21. The molecule has 25 heavy (non-hydrogen) atoms. The number of carbonyl (C=O) groups excluding carboxylic acids is 1. The maximum absolute atomic E-state index is 12.4. The van der Waals surface area contributed by atoms with Gasteiger partial charge in [0.1, 0.15) is 12.4 Å². The van der Waals surface area contributed by atoms with Gasteiger partial charge in [-0.2, -0.15) is 0 Å². The summed E-state index contributed by atoms with van der Waals surface area (Å²) in [4.78, 5) is 11.8. The summed E-state index contributed by atoms with van der Waals surface area (Å²) >= 11 is 5.79. The molecule has 1 aliphatic heterocycles. The van der Waals surface area contributed by atoms with Crippen LogP contribution in [0.5, 0.6) is 5.75 Å². The van der Waals surface area contributed by atoms with Crippen LogP contribution in [0.3, 0.4) is 0 Å². The van der Waals surface area contributed by atoms with Gasteiger partial charge in [0, 0.05) is 17.3 Å². The lowest BCUT2D eigenvalue weighted by Crippen LogP contribution is -2.28. The molecule has 2 aromatic carbocycles. The van der Waals surface area contributed by atoms with Gasteiger partial charge in [0.25, 0.3) is 0 Å². The first-order valence-corrected chi connectivity index (χ1v) is 9.56. The molecule has 0 saturated heterocycles. The van der Waals surface area contributed by atoms with E-state index < -0.39 is 10.0 Å². The third-order valence-electron chi connectivity index (χ3n) is 3.93. The minimum atomic E-state index is -3.67. The lowest BCUT2D eigenvalue weighted by Gasteiger charge is -2.10. The maximum atomic E-state index is 12.4. The van der Waals surface area contributed by atoms with Crippen molar-refractivity contribution >= 4 is 33.2 Å². The van der Waals surface area contributed by atoms with Gasteiger partial charge in [0.15, 0.2) is 0 Å². The van der Waals surface area contributed by atoms with E-state index in [9.17, 15) is 13.2 Å². The molecule has 0 spiro atoms. The lowest BCUT2D eigenvalue weighted by molar-refractivity contribution is -0.116. The number of fused-ring (bicyclic) bond motifs is 1. The summed E-state index contributed by atoms with van der Waals surface area (Å²) in [7, 11) is -3.67. The average molecular weight is 381 g/mol. The van der Waals surface area contributed by atoms with E-state index in [0.717, 1.165) is 0 Å². The van der Waals surface area contributed by atoms with E-state index in [2.05, 4.69) is 10.0 Å². The van der Waals surface area contributed by atoms with E-state index in [0.29, 0.717) is 22.0 Å². The quantitative estimate of drug-likeness (QED) is 0.755. The van der Waals surface area contributed by atoms with Crippen molar-refractivity contribution in [1.82, 2.24) is 4.72 Å². The normalized spacial score (nSPS) is 16.4. The summed E-state index contributed by atoms with van der Waals surface area (Å²) in [5, 5.41) is 3.32. The third-order valence-corrected chi connectivity index (χ3v) is 5.64. The minimum absolute atomic E-state index is 0.120. The standard InChI is InChI=1S/C17H17ClN2O4S/c1-11-15-10-14(6-7-16(15)20-17(11)21)25(22,23)19-8-9-24-13-4-2-12(18)3-5-13/h2-7,10-11,19H,8-9H2,1H3,(H,20,21)/t11-/m0/s1. The zero-order chi connectivity index (χ0) is 18.0. The molecule has 0 aliphatic carbocycles. The number of sulfonamides is 1. The Kier molecular flexibility index (Phi) is 4.99. The lowest BCUT2D eigenvalue weighted by atomic mass is 10.0. The fraction of sp³-hybridized carbons (Fsp3) is 0.235. The van der Waals surface area contributed by atoms with Crippen LogP contribution in [0.25, 0.3) is 0 Å². The number of anilines is 1. The van der Waals surface area contributed by atoms with Crippen molar-refractivity contribution in [2.24, 2.45) is 0 Å². The van der Waals surface area contributed by atoms with Crippen molar-refractivity contribution in [3.63, 3.8) is 0 Å². The van der Waals surface area contributed by atoms with Crippen LogP contribution in [0.2, 0.25) is 5.02 Å². The van der Waals surface area contributed by atoms with Crippen molar-refractivity contribution in [1.29, 1.82) is 0 Å². The number of benzene rings is 2. The molecule has 1 amide bonds. The topological polar surface area (TPSA) is 84.5 Å². The Labute approximate surface area is 151 Å². The van der Waals surface area contributed by atoms with E-state index in [1.54, 1.807) is 37.3 Å². The molecule has 1 aliphatic rings. The Bertz CT molecular complexity index is 897. The Morgan fingerprint density at radius 1 is 1.20 bits per heavy atom. The number of amides is 1. The van der Waals surface area contributed by atoms with Gasteiger partial charge in [0.2, 0.25) is 15.9 Å². The molecule has 0 bridgehead atoms. The molecule has 2 aromatic rings. The monoisotopic (exact) mass is 380 g/mol. The Hall–Kier alpha value is -2.09. The van der Waals surface area contributed by atoms with Gasteiger partial charge in [-0.3, -0.25) is 4.79 Å². The van der Waals surface area contributed by atoms with Crippen molar-refractivity contribution in [3.05, 3.63) is 53.1 Å². The molecule has 0 saturated carbocycles. The van der Waals surface area contributed by atoms with Crippen molar-refractivity contribution < 1.29 is 17.9 Å². The van der Waals surface area contributed by atoms with Gasteiger partial charge < -0.3 is 10.1 Å². The van der Waals surface area contributed by atoms with E-state index in [1.807, 2.05) is 0 Å². The van der Waals surface area contributed by atoms with Crippen LogP contribution in [0, 0.1) is 0 Å². The smallest absolute Gasteiger partial charge is 0.240 e. The number of nitrogens with one attached hydrogen (secondary N) is 2. The molecule has 0 radical (unpaired) electrons. The predicted octanol–water partition coefficient (Wildman–Crippen LogP) is 2.75. The molecule has 0 fully saturated rings. The zero-order valence-corrected chi connectivity index (χ0v) is 15.0. The van der Waals surface area contributed by atoms with Gasteiger partial charge in [0.05, 0.1) is 10.8 Å². The van der Waals surface area contributed by atoms with Crippen LogP contribution >= 0.6 is 11.6 Å². The van der Waals surface area contributed by atoms with Crippen molar-refractivity contribution in [2.75, 3.05) is 18.5 Å². The summed E-state index contributed by atoms with van der Waals surface area (Å²) in [6.07, 6.45) is 0. The van der Waals surface area contributed by atoms with Crippen molar-refractivity contribution in [3.8, 4) is 5.75 Å². The second-order valence-electron chi connectivity index (χ2n) is 5.66. The zero-order valence-electron chi connectivity index (χ0n) is 13.5. The predicted molar refractivity (Wildman–Crippen MR) is 95.6 cm³/mol. The Morgan fingerprint density at radius 2 is 1.92 bits per heavy atom. The molecular formula is C17H17ClN2O4S. The molecule has 2 N–H and O–H groups in total. The minimum Gasteiger partial charge on any atom is -0.492 e. The van der Waals surface area contributed by atoms with E-state index in [4.69, 9.17) is 16.3 Å². The van der Waals surface area contributed by atoms with E-state index >= 15 is 0 Å². The van der Waals surface area contributed by atoms with Crippen LogP contribution in [-0.2, 0) is 14.8 Å². The Morgan fingerprint density at radius 3 is 2.64 bits per heavy atom. The molecule has 3 rings (SSSR count). The summed E-state index contributed by atoms with van der Waals surface area (Å²) in [6.45, 7) is 2.04. The molecule has 8 heteroatoms. The van der Waals surface area contributed by atoms with Crippen LogP contribution in [0.4, 0.5) is 5.69 Å². The van der Waals surface area contributed by atoms with E-state index in [1.165, 1.54) is 12.1 Å². The number of halogens is 1. The summed E-state index contributed by atoms with van der Waals surface area (Å²) in [5.41, 5.74) is 1.34. The number of hydrogen-bond donors (Lipinski definition) is 2. The van der Waals surface area contributed by atoms with Crippen LogP contribution in [0.15, 0.2) is 47.4 Å². The first-order valence-electron chi connectivity index (χ1n) is 7.70. The number of hydrogen-bond acceptors (Lipinski definition) is 4. The number of ether oxygens (including phenoxy) is 1. The Balaban J connectivity index is 1.61. The highest BCUT2D eigenvalue weighted by molar-refractivity contribution is 7.89. The molecule has 1 atom stereocenters. The molecule has 6 nitrogen and oxygen atoms in total. The first kappa shape index (κ1) is 17.7. The van der Waals surface area contributed by atoms with Gasteiger partial charge in [-0.1, -0.05) is 11.6 Å². The molecule has 0 aromatic heterocycles. The van der Waals surface area contributed by atoms with Crippen LogP contribution < -0.4 is 14.8 Å². The van der Waals surface area contributed by atoms with Gasteiger partial charge in [-0.15, -0.1) is 0 Å². The van der Waals surface area contributed by atoms with Gasteiger partial charge >= 0.3 is 0 Å². The highest BCUT2D eigenvalue weighted by Gasteiger charge is 2.28. The number of carbonyl (C=O) groups is 1. The van der Waals surface area contributed by atoms with Crippen molar-refractivity contribution in [2.45, 2.75) is 17.7 Å². The van der Waals surface area contributed by atoms with Gasteiger partial charge in [-0.25, -0.2) is 13.1 Å².